The maximum Gasteiger partial charge on any atom is 0.242 e. The summed E-state index contributed by atoms with van der Waals surface area (Å²) in [5.41, 5.74) is 2.99. The van der Waals surface area contributed by atoms with E-state index in [1.807, 2.05) is 54.7 Å². The van der Waals surface area contributed by atoms with Crippen molar-refractivity contribution in [2.75, 3.05) is 39.1 Å². The fraction of sp³-hybridized carbons (Fsp3) is 0.267. The van der Waals surface area contributed by atoms with E-state index in [1.54, 1.807) is 29.0 Å². The molecule has 1 N–H and O–H groups in total. The Balaban J connectivity index is 1.47. The molecule has 0 unspecified atom stereocenters. The number of aromatic amines is 1. The van der Waals surface area contributed by atoms with Crippen molar-refractivity contribution in [3.8, 4) is 0 Å². The van der Waals surface area contributed by atoms with Gasteiger partial charge in [-0.1, -0.05) is 48.5 Å². The Bertz CT molecular complexity index is 1330. The Morgan fingerprint density at radius 3 is 2.39 bits per heavy atom. The summed E-state index contributed by atoms with van der Waals surface area (Å²) < 4.78 is 18.7. The zero-order valence-corrected chi connectivity index (χ0v) is 22.3. The third-order valence-corrected chi connectivity index (χ3v) is 7.31. The first-order chi connectivity index (χ1) is 18.5. The normalized spacial score (nSPS) is 11.0. The Morgan fingerprint density at radius 2 is 1.63 bits per heavy atom. The van der Waals surface area contributed by atoms with Gasteiger partial charge in [-0.05, 0) is 47.9 Å². The average Bonchev–Trinajstić information content (AvgIpc) is 3.36. The number of halogens is 1. The predicted octanol–water partition coefficient (Wildman–Crippen LogP) is 5.15. The molecule has 38 heavy (non-hydrogen) atoms. The highest BCUT2D eigenvalue weighted by Crippen LogP contribution is 2.20. The van der Waals surface area contributed by atoms with Gasteiger partial charge in [0.1, 0.15) is 5.82 Å². The number of methoxy groups -OCH3 is 1. The topological polar surface area (TPSA) is 65.6 Å². The Hall–Kier alpha value is -3.62. The number of amides is 2. The second-order valence-corrected chi connectivity index (χ2v) is 10.0. The molecular weight excluding hydrogens is 501 g/mol. The highest BCUT2D eigenvalue weighted by Gasteiger charge is 2.22. The summed E-state index contributed by atoms with van der Waals surface area (Å²) in [6.07, 6.45) is 2.62. The van der Waals surface area contributed by atoms with E-state index in [2.05, 4.69) is 11.1 Å². The third-order valence-electron chi connectivity index (χ3n) is 6.32. The highest BCUT2D eigenvalue weighted by atomic mass is 32.2. The number of para-hydroxylation sites is 1. The number of carbonyl (C=O) groups excluding carboxylic acids is 2. The Labute approximate surface area is 226 Å². The van der Waals surface area contributed by atoms with Gasteiger partial charge in [-0.25, -0.2) is 4.39 Å². The van der Waals surface area contributed by atoms with E-state index < -0.39 is 0 Å². The van der Waals surface area contributed by atoms with Gasteiger partial charge in [-0.15, -0.1) is 11.8 Å². The minimum absolute atomic E-state index is 0.0490. The number of nitrogens with zero attached hydrogens (tertiary/aromatic N) is 2. The van der Waals surface area contributed by atoms with Gasteiger partial charge in [0.15, 0.2) is 0 Å². The lowest BCUT2D eigenvalue weighted by Crippen LogP contribution is -2.45. The molecule has 8 heteroatoms. The average molecular weight is 534 g/mol. The van der Waals surface area contributed by atoms with Crippen LogP contribution in [0.15, 0.2) is 90.0 Å². The van der Waals surface area contributed by atoms with Crippen molar-refractivity contribution in [3.63, 3.8) is 0 Å². The monoisotopic (exact) mass is 533 g/mol. The van der Waals surface area contributed by atoms with Gasteiger partial charge in [0.05, 0.1) is 18.9 Å². The minimum atomic E-state index is -0.322. The van der Waals surface area contributed by atoms with Crippen molar-refractivity contribution < 1.29 is 18.7 Å². The predicted molar refractivity (Wildman–Crippen MR) is 149 cm³/mol. The number of H-pyrrole nitrogens is 1. The number of carbonyl (C=O) groups is 2. The van der Waals surface area contributed by atoms with Crippen molar-refractivity contribution >= 4 is 34.5 Å². The van der Waals surface area contributed by atoms with Crippen molar-refractivity contribution in [3.05, 3.63) is 102 Å². The molecule has 2 amide bonds. The molecule has 0 spiro atoms. The van der Waals surface area contributed by atoms with Gasteiger partial charge >= 0.3 is 0 Å². The number of thioether (sulfide) groups is 1. The van der Waals surface area contributed by atoms with E-state index in [9.17, 15) is 14.0 Å². The zero-order valence-electron chi connectivity index (χ0n) is 21.4. The second-order valence-electron chi connectivity index (χ2n) is 8.96. The lowest BCUT2D eigenvalue weighted by molar-refractivity contribution is -0.140. The van der Waals surface area contributed by atoms with E-state index in [0.29, 0.717) is 32.7 Å². The van der Waals surface area contributed by atoms with Crippen LogP contribution < -0.4 is 0 Å². The first-order valence-electron chi connectivity index (χ1n) is 12.6. The highest BCUT2D eigenvalue weighted by molar-refractivity contribution is 8.00. The van der Waals surface area contributed by atoms with Crippen LogP contribution in [0.5, 0.6) is 0 Å². The molecule has 3 aromatic carbocycles. The number of aromatic nitrogens is 1. The van der Waals surface area contributed by atoms with Gasteiger partial charge in [0.2, 0.25) is 11.8 Å². The summed E-state index contributed by atoms with van der Waals surface area (Å²) in [5.74, 6) is -0.377. The molecule has 198 valence electrons. The summed E-state index contributed by atoms with van der Waals surface area (Å²) >= 11 is 1.44. The summed E-state index contributed by atoms with van der Waals surface area (Å²) in [4.78, 5) is 34.3. The van der Waals surface area contributed by atoms with Gasteiger partial charge in [-0.2, -0.15) is 0 Å². The van der Waals surface area contributed by atoms with Crippen LogP contribution in [0.4, 0.5) is 4.39 Å². The lowest BCUT2D eigenvalue weighted by atomic mass is 10.1. The van der Waals surface area contributed by atoms with E-state index in [0.717, 1.165) is 26.9 Å². The Morgan fingerprint density at radius 1 is 0.895 bits per heavy atom. The van der Waals surface area contributed by atoms with Gasteiger partial charge in [0.25, 0.3) is 0 Å². The first-order valence-corrected chi connectivity index (χ1v) is 13.5. The van der Waals surface area contributed by atoms with Gasteiger partial charge in [-0.3, -0.25) is 9.59 Å². The lowest BCUT2D eigenvalue weighted by Gasteiger charge is -2.28. The number of rotatable bonds is 13. The maximum absolute atomic E-state index is 13.6. The molecule has 0 bridgehead atoms. The van der Waals surface area contributed by atoms with Crippen molar-refractivity contribution in [2.45, 2.75) is 17.9 Å². The molecule has 0 atom stereocenters. The van der Waals surface area contributed by atoms with Crippen LogP contribution in [-0.2, 0) is 27.3 Å². The van der Waals surface area contributed by atoms with Crippen LogP contribution in [-0.4, -0.2) is 65.7 Å². The van der Waals surface area contributed by atoms with Crippen LogP contribution in [0.2, 0.25) is 0 Å². The van der Waals surface area contributed by atoms with Crippen LogP contribution in [0.3, 0.4) is 0 Å². The number of hydrogen-bond donors (Lipinski definition) is 1. The molecule has 6 nitrogen and oxygen atoms in total. The summed E-state index contributed by atoms with van der Waals surface area (Å²) in [6, 6.07) is 23.9. The fourth-order valence-electron chi connectivity index (χ4n) is 4.21. The fourth-order valence-corrected chi connectivity index (χ4v) is 5.03. The molecule has 4 rings (SSSR count). The minimum Gasteiger partial charge on any atom is -0.383 e. The smallest absolute Gasteiger partial charge is 0.242 e. The molecule has 0 radical (unpaired) electrons. The Kier molecular flexibility index (Phi) is 9.95. The molecule has 0 fully saturated rings. The number of benzene rings is 3. The summed E-state index contributed by atoms with van der Waals surface area (Å²) in [5, 5.41) is 1.12. The van der Waals surface area contributed by atoms with E-state index in [-0.39, 0.29) is 29.9 Å². The molecule has 0 saturated heterocycles. The molecule has 1 heterocycles. The van der Waals surface area contributed by atoms with Crippen LogP contribution >= 0.6 is 11.8 Å². The van der Waals surface area contributed by atoms with Crippen LogP contribution in [0.25, 0.3) is 10.9 Å². The van der Waals surface area contributed by atoms with E-state index >= 15 is 0 Å². The zero-order chi connectivity index (χ0) is 26.7. The van der Waals surface area contributed by atoms with Crippen molar-refractivity contribution in [1.29, 1.82) is 0 Å². The molecule has 0 aliphatic carbocycles. The van der Waals surface area contributed by atoms with Crippen LogP contribution in [0.1, 0.15) is 11.1 Å². The van der Waals surface area contributed by atoms with Gasteiger partial charge < -0.3 is 19.5 Å². The van der Waals surface area contributed by atoms with Crippen LogP contribution in [0, 0.1) is 5.82 Å². The summed E-state index contributed by atoms with van der Waals surface area (Å²) in [7, 11) is 1.57. The number of fused-ring (bicyclic) bond motifs is 1. The SMILES string of the molecule is COCCN(CC(=O)N(CCc1c[nH]c2ccccc12)Cc1ccc(F)cc1)C(=O)CSc1ccccc1. The second kappa shape index (κ2) is 13.8. The number of hydrogen-bond acceptors (Lipinski definition) is 4. The molecule has 0 aliphatic rings. The largest absolute Gasteiger partial charge is 0.383 e. The molecule has 0 saturated carbocycles. The molecule has 4 aromatic rings. The van der Waals surface area contributed by atoms with Gasteiger partial charge in [0, 0.05) is 48.7 Å². The first kappa shape index (κ1) is 27.4. The molecular formula is C30H32FN3O3S. The van der Waals surface area contributed by atoms with E-state index in [4.69, 9.17) is 4.74 Å². The maximum atomic E-state index is 13.6. The molecule has 0 aliphatic heterocycles. The van der Waals surface area contributed by atoms with E-state index in [1.165, 1.54) is 23.9 Å². The van der Waals surface area contributed by atoms with Crippen molar-refractivity contribution in [2.24, 2.45) is 0 Å². The number of nitrogens with one attached hydrogen (secondary N) is 1. The molecule has 1 aromatic heterocycles. The van der Waals surface area contributed by atoms with Crippen molar-refractivity contribution in [1.82, 2.24) is 14.8 Å². The third kappa shape index (κ3) is 7.69. The summed E-state index contributed by atoms with van der Waals surface area (Å²) in [6.45, 7) is 1.40. The standard InChI is InChI=1S/C30H32FN3O3S/c1-37-18-17-34(30(36)22-38-26-7-3-2-4-8-26)21-29(35)33(20-23-11-13-25(31)14-12-23)16-15-24-19-32-28-10-6-5-9-27(24)28/h2-14,19,32H,15-18,20-22H2,1H3. The number of ether oxygens (including phenoxy) is 1. The quantitative estimate of drug-likeness (QED) is 0.242.